The molecule has 1 atom stereocenters. The molecule has 0 aromatic heterocycles. The van der Waals surface area contributed by atoms with Crippen molar-refractivity contribution in [3.8, 4) is 0 Å². The Balaban J connectivity index is 2.49. The summed E-state index contributed by atoms with van der Waals surface area (Å²) in [5.41, 5.74) is 0. The number of hydrogen-bond acceptors (Lipinski definition) is 3. The number of carbonyl (C=O) groups is 1. The Labute approximate surface area is 89.9 Å². The van der Waals surface area contributed by atoms with Gasteiger partial charge in [0.1, 0.15) is 0 Å². The van der Waals surface area contributed by atoms with E-state index in [2.05, 4.69) is 4.72 Å². The largest absolute Gasteiger partial charge is 0.480 e. The summed E-state index contributed by atoms with van der Waals surface area (Å²) in [5, 5.41) is 8.41. The maximum atomic E-state index is 11.3. The van der Waals surface area contributed by atoms with Crippen molar-refractivity contribution in [1.82, 2.24) is 4.72 Å². The summed E-state index contributed by atoms with van der Waals surface area (Å²) in [6, 6.07) is -0.156. The minimum atomic E-state index is -3.67. The molecule has 0 heterocycles. The number of rotatable bonds is 5. The molecule has 0 spiro atoms. The van der Waals surface area contributed by atoms with Crippen LogP contribution < -0.4 is 4.72 Å². The summed E-state index contributed by atoms with van der Waals surface area (Å²) in [4.78, 5) is 10.3. The van der Waals surface area contributed by atoms with E-state index < -0.39 is 21.7 Å². The van der Waals surface area contributed by atoms with Crippen molar-refractivity contribution in [2.45, 2.75) is 38.6 Å². The second-order valence-corrected chi connectivity index (χ2v) is 5.86. The van der Waals surface area contributed by atoms with Crippen LogP contribution in [0.5, 0.6) is 0 Å². The van der Waals surface area contributed by atoms with Crippen molar-refractivity contribution < 1.29 is 18.3 Å². The van der Waals surface area contributed by atoms with Crippen LogP contribution in [0.2, 0.25) is 0 Å². The van der Waals surface area contributed by atoms with E-state index in [1.807, 2.05) is 0 Å². The Morgan fingerprint density at radius 2 is 2.00 bits per heavy atom. The first kappa shape index (κ1) is 12.4. The molecule has 0 bridgehead atoms. The van der Waals surface area contributed by atoms with Crippen LogP contribution in [0, 0.1) is 5.92 Å². The molecule has 88 valence electrons. The SMILES string of the molecule is C[C@H](NS(=O)(=O)CC(=O)O)C1CCCC1. The van der Waals surface area contributed by atoms with Gasteiger partial charge in [0.2, 0.25) is 10.0 Å². The maximum Gasteiger partial charge on any atom is 0.320 e. The molecule has 0 radical (unpaired) electrons. The summed E-state index contributed by atoms with van der Waals surface area (Å²) >= 11 is 0. The van der Waals surface area contributed by atoms with E-state index >= 15 is 0 Å². The number of carboxylic acid groups (broad SMARTS) is 1. The fourth-order valence-corrected chi connectivity index (χ4v) is 3.21. The molecule has 1 aliphatic carbocycles. The quantitative estimate of drug-likeness (QED) is 0.729. The fraction of sp³-hybridized carbons (Fsp3) is 0.889. The van der Waals surface area contributed by atoms with Gasteiger partial charge in [0.05, 0.1) is 0 Å². The lowest BCUT2D eigenvalue weighted by Gasteiger charge is -2.19. The number of aliphatic carboxylic acids is 1. The van der Waals surface area contributed by atoms with E-state index in [1.54, 1.807) is 6.92 Å². The molecular weight excluding hydrogens is 218 g/mol. The molecule has 15 heavy (non-hydrogen) atoms. The smallest absolute Gasteiger partial charge is 0.320 e. The molecule has 0 aromatic rings. The van der Waals surface area contributed by atoms with Crippen molar-refractivity contribution in [2.24, 2.45) is 5.92 Å². The maximum absolute atomic E-state index is 11.3. The Bertz CT molecular complexity index is 319. The summed E-state index contributed by atoms with van der Waals surface area (Å²) in [6.45, 7) is 1.80. The van der Waals surface area contributed by atoms with E-state index in [-0.39, 0.29) is 6.04 Å². The van der Waals surface area contributed by atoms with Crippen LogP contribution in [0.1, 0.15) is 32.6 Å². The van der Waals surface area contributed by atoms with Crippen LogP contribution in [-0.4, -0.2) is 31.3 Å². The first-order chi connectivity index (χ1) is 6.91. The van der Waals surface area contributed by atoms with Gasteiger partial charge in [-0.1, -0.05) is 12.8 Å². The molecule has 1 saturated carbocycles. The van der Waals surface area contributed by atoms with Crippen LogP contribution in [0.15, 0.2) is 0 Å². The van der Waals surface area contributed by atoms with Crippen molar-refractivity contribution in [3.63, 3.8) is 0 Å². The molecule has 0 saturated heterocycles. The van der Waals surface area contributed by atoms with Crippen LogP contribution in [-0.2, 0) is 14.8 Å². The Morgan fingerprint density at radius 1 is 1.47 bits per heavy atom. The molecule has 1 fully saturated rings. The lowest BCUT2D eigenvalue weighted by molar-refractivity contribution is -0.134. The molecule has 0 aromatic carbocycles. The fourth-order valence-electron chi connectivity index (χ4n) is 2.04. The van der Waals surface area contributed by atoms with Crippen LogP contribution in [0.25, 0.3) is 0 Å². The van der Waals surface area contributed by atoms with Gasteiger partial charge in [-0.3, -0.25) is 4.79 Å². The van der Waals surface area contributed by atoms with Gasteiger partial charge >= 0.3 is 5.97 Å². The van der Waals surface area contributed by atoms with Gasteiger partial charge in [0.15, 0.2) is 5.75 Å². The molecule has 2 N–H and O–H groups in total. The Kier molecular flexibility index (Phi) is 4.10. The first-order valence-electron chi connectivity index (χ1n) is 5.12. The third-order valence-corrected chi connectivity index (χ3v) is 4.14. The van der Waals surface area contributed by atoms with Crippen molar-refractivity contribution in [2.75, 3.05) is 5.75 Å². The predicted octanol–water partition coefficient (Wildman–Crippen LogP) is 0.569. The highest BCUT2D eigenvalue weighted by molar-refractivity contribution is 7.90. The first-order valence-corrected chi connectivity index (χ1v) is 6.78. The summed E-state index contributed by atoms with van der Waals surface area (Å²) in [7, 11) is -3.67. The summed E-state index contributed by atoms with van der Waals surface area (Å²) in [6.07, 6.45) is 4.32. The highest BCUT2D eigenvalue weighted by Crippen LogP contribution is 2.27. The van der Waals surface area contributed by atoms with Crippen molar-refractivity contribution in [3.05, 3.63) is 0 Å². The van der Waals surface area contributed by atoms with Crippen LogP contribution in [0.4, 0.5) is 0 Å². The van der Waals surface area contributed by atoms with E-state index in [0.29, 0.717) is 5.92 Å². The van der Waals surface area contributed by atoms with Gasteiger partial charge in [0.25, 0.3) is 0 Å². The van der Waals surface area contributed by atoms with Gasteiger partial charge in [-0.2, -0.15) is 0 Å². The lowest BCUT2D eigenvalue weighted by atomic mass is 10.0. The number of hydrogen-bond donors (Lipinski definition) is 2. The zero-order valence-electron chi connectivity index (χ0n) is 8.77. The molecule has 0 unspecified atom stereocenters. The summed E-state index contributed by atoms with van der Waals surface area (Å²) in [5.74, 6) is -1.81. The topological polar surface area (TPSA) is 83.5 Å². The second kappa shape index (κ2) is 4.94. The monoisotopic (exact) mass is 235 g/mol. The summed E-state index contributed by atoms with van der Waals surface area (Å²) < 4.78 is 25.1. The molecule has 5 nitrogen and oxygen atoms in total. The van der Waals surface area contributed by atoms with Crippen LogP contribution in [0.3, 0.4) is 0 Å². The van der Waals surface area contributed by atoms with Gasteiger partial charge in [-0.15, -0.1) is 0 Å². The molecule has 1 rings (SSSR count). The lowest BCUT2D eigenvalue weighted by Crippen LogP contribution is -2.40. The Hall–Kier alpha value is -0.620. The van der Waals surface area contributed by atoms with E-state index in [9.17, 15) is 13.2 Å². The second-order valence-electron chi connectivity index (χ2n) is 4.10. The molecule has 1 aliphatic rings. The average molecular weight is 235 g/mol. The Morgan fingerprint density at radius 3 is 2.47 bits per heavy atom. The van der Waals surface area contributed by atoms with Gasteiger partial charge in [-0.05, 0) is 25.7 Å². The standard InChI is InChI=1S/C9H17NO4S/c1-7(8-4-2-3-5-8)10-15(13,14)6-9(11)12/h7-8,10H,2-6H2,1H3,(H,11,12)/t7-/m0/s1. The molecule has 0 amide bonds. The van der Waals surface area contributed by atoms with Gasteiger partial charge in [0, 0.05) is 6.04 Å². The zero-order chi connectivity index (χ0) is 11.5. The average Bonchev–Trinajstić information content (AvgIpc) is 2.50. The zero-order valence-corrected chi connectivity index (χ0v) is 9.59. The number of sulfonamides is 1. The van der Waals surface area contributed by atoms with Crippen molar-refractivity contribution >= 4 is 16.0 Å². The number of nitrogens with one attached hydrogen (secondary N) is 1. The van der Waals surface area contributed by atoms with Gasteiger partial charge in [-0.25, -0.2) is 13.1 Å². The number of carboxylic acids is 1. The third kappa shape index (κ3) is 4.17. The minimum absolute atomic E-state index is 0.156. The molecule has 0 aliphatic heterocycles. The van der Waals surface area contributed by atoms with E-state index in [0.717, 1.165) is 25.7 Å². The molecule has 6 heteroatoms. The normalized spacial score (nSPS) is 20.3. The van der Waals surface area contributed by atoms with E-state index in [4.69, 9.17) is 5.11 Å². The third-order valence-electron chi connectivity index (χ3n) is 2.79. The van der Waals surface area contributed by atoms with Crippen LogP contribution >= 0.6 is 0 Å². The predicted molar refractivity (Wildman–Crippen MR) is 56.0 cm³/mol. The highest BCUT2D eigenvalue weighted by Gasteiger charge is 2.26. The molecular formula is C9H17NO4S. The van der Waals surface area contributed by atoms with Crippen molar-refractivity contribution in [1.29, 1.82) is 0 Å². The highest BCUT2D eigenvalue weighted by atomic mass is 32.2. The van der Waals surface area contributed by atoms with Gasteiger partial charge < -0.3 is 5.11 Å². The minimum Gasteiger partial charge on any atom is -0.480 e. The van der Waals surface area contributed by atoms with E-state index in [1.165, 1.54) is 0 Å².